The molecule has 0 aromatic carbocycles. The number of nitrogens with zero attached hydrogens (tertiary/aromatic N) is 3. The van der Waals surface area contributed by atoms with Crippen LogP contribution in [0.3, 0.4) is 0 Å². The van der Waals surface area contributed by atoms with Crippen LogP contribution in [-0.2, 0) is 9.47 Å². The molecule has 0 N–H and O–H groups in total. The third kappa shape index (κ3) is 4.31. The second kappa shape index (κ2) is 7.73. The van der Waals surface area contributed by atoms with Crippen LogP contribution in [0, 0.1) is 0 Å². The summed E-state index contributed by atoms with van der Waals surface area (Å²) in [6.45, 7) is 10.0. The van der Waals surface area contributed by atoms with Crippen molar-refractivity contribution in [3.63, 3.8) is 0 Å². The highest BCUT2D eigenvalue weighted by molar-refractivity contribution is 4.96. The number of hydrogen-bond acceptors (Lipinski definition) is 6. The summed E-state index contributed by atoms with van der Waals surface area (Å²) in [5, 5.41) is 4.07. The summed E-state index contributed by atoms with van der Waals surface area (Å²) in [5.41, 5.74) is 0. The predicted octanol–water partition coefficient (Wildman–Crippen LogP) is 2.91. The van der Waals surface area contributed by atoms with E-state index in [1.807, 2.05) is 0 Å². The molecular weight excluding hydrogens is 294 g/mol. The molecule has 2 fully saturated rings. The van der Waals surface area contributed by atoms with Gasteiger partial charge in [-0.2, -0.15) is 4.98 Å². The van der Waals surface area contributed by atoms with Gasteiger partial charge in [-0.3, -0.25) is 4.90 Å². The molecule has 0 bridgehead atoms. The van der Waals surface area contributed by atoms with Crippen LogP contribution in [0.15, 0.2) is 4.52 Å². The first-order valence-corrected chi connectivity index (χ1v) is 8.94. The van der Waals surface area contributed by atoms with Crippen LogP contribution in [0.1, 0.15) is 70.1 Å². The Balaban J connectivity index is 1.47. The maximum Gasteiger partial charge on any atom is 0.243 e. The van der Waals surface area contributed by atoms with Crippen molar-refractivity contribution in [2.24, 2.45) is 0 Å². The van der Waals surface area contributed by atoms with E-state index in [1.54, 1.807) is 0 Å². The molecule has 3 heterocycles. The van der Waals surface area contributed by atoms with Crippen molar-refractivity contribution >= 4 is 0 Å². The van der Waals surface area contributed by atoms with E-state index in [0.29, 0.717) is 18.1 Å². The molecule has 6 heteroatoms. The van der Waals surface area contributed by atoms with Crippen molar-refractivity contribution in [3.05, 3.63) is 11.7 Å². The van der Waals surface area contributed by atoms with E-state index in [4.69, 9.17) is 14.0 Å². The smallest absolute Gasteiger partial charge is 0.243 e. The summed E-state index contributed by atoms with van der Waals surface area (Å²) in [6.07, 6.45) is 5.00. The fourth-order valence-corrected chi connectivity index (χ4v) is 3.29. The summed E-state index contributed by atoms with van der Waals surface area (Å²) >= 11 is 0. The highest BCUT2D eigenvalue weighted by Crippen LogP contribution is 2.26. The Kier molecular flexibility index (Phi) is 5.67. The van der Waals surface area contributed by atoms with E-state index in [1.165, 1.54) is 0 Å². The molecule has 130 valence electrons. The number of likely N-dealkylation sites (tertiary alicyclic amines) is 1. The van der Waals surface area contributed by atoms with Crippen molar-refractivity contribution in [1.29, 1.82) is 0 Å². The maximum absolute atomic E-state index is 6.24. The highest BCUT2D eigenvalue weighted by atomic mass is 16.5. The molecule has 1 aromatic rings. The van der Waals surface area contributed by atoms with Gasteiger partial charge in [-0.25, -0.2) is 0 Å². The lowest BCUT2D eigenvalue weighted by atomic mass is 10.0. The molecule has 2 aliphatic rings. The quantitative estimate of drug-likeness (QED) is 0.830. The summed E-state index contributed by atoms with van der Waals surface area (Å²) in [6, 6.07) is 0.180. The first-order chi connectivity index (χ1) is 11.1. The number of aromatic nitrogens is 2. The zero-order valence-corrected chi connectivity index (χ0v) is 14.5. The van der Waals surface area contributed by atoms with Crippen molar-refractivity contribution in [2.45, 2.75) is 70.6 Å². The number of piperidine rings is 1. The van der Waals surface area contributed by atoms with Gasteiger partial charge in [0.2, 0.25) is 5.89 Å². The maximum atomic E-state index is 6.24. The van der Waals surface area contributed by atoms with Crippen LogP contribution in [-0.4, -0.2) is 53.6 Å². The monoisotopic (exact) mass is 323 g/mol. The van der Waals surface area contributed by atoms with Crippen LogP contribution < -0.4 is 0 Å². The first-order valence-electron chi connectivity index (χ1n) is 8.94. The van der Waals surface area contributed by atoms with Crippen LogP contribution in [0.5, 0.6) is 0 Å². The summed E-state index contributed by atoms with van der Waals surface area (Å²) < 4.78 is 17.1. The molecule has 0 saturated carbocycles. The molecular formula is C17H29N3O3. The van der Waals surface area contributed by atoms with Crippen molar-refractivity contribution < 1.29 is 14.0 Å². The van der Waals surface area contributed by atoms with E-state index < -0.39 is 0 Å². The molecule has 2 saturated heterocycles. The van der Waals surface area contributed by atoms with Gasteiger partial charge in [-0.1, -0.05) is 19.0 Å². The topological polar surface area (TPSA) is 60.6 Å². The van der Waals surface area contributed by atoms with Gasteiger partial charge < -0.3 is 14.0 Å². The molecule has 1 aromatic heterocycles. The number of rotatable bonds is 5. The normalized spacial score (nSPS) is 23.5. The van der Waals surface area contributed by atoms with E-state index in [-0.39, 0.29) is 6.04 Å². The van der Waals surface area contributed by atoms with Crippen LogP contribution in [0.2, 0.25) is 0 Å². The van der Waals surface area contributed by atoms with Gasteiger partial charge in [0.1, 0.15) is 0 Å². The van der Waals surface area contributed by atoms with Gasteiger partial charge in [-0.15, -0.1) is 0 Å². The van der Waals surface area contributed by atoms with Crippen LogP contribution >= 0.6 is 0 Å². The SMILES string of the molecule is CC(C)c1noc(C(C)N2CCC(OC3CCOCC3)CC2)n1. The summed E-state index contributed by atoms with van der Waals surface area (Å²) in [5.74, 6) is 1.83. The lowest BCUT2D eigenvalue weighted by molar-refractivity contribution is -0.0876. The standard InChI is InChI=1S/C17H29N3O3/c1-12(2)16-18-17(23-19-16)13(3)20-8-4-14(5-9-20)22-15-6-10-21-11-7-15/h12-15H,4-11H2,1-3H3. The lowest BCUT2D eigenvalue weighted by Crippen LogP contribution is -2.40. The van der Waals surface area contributed by atoms with Crippen molar-refractivity contribution in [1.82, 2.24) is 15.0 Å². The fourth-order valence-electron chi connectivity index (χ4n) is 3.29. The second-order valence-electron chi connectivity index (χ2n) is 7.00. The number of hydrogen-bond donors (Lipinski definition) is 0. The lowest BCUT2D eigenvalue weighted by Gasteiger charge is -2.36. The first kappa shape index (κ1) is 16.9. The van der Waals surface area contributed by atoms with E-state index in [2.05, 4.69) is 35.8 Å². The van der Waals surface area contributed by atoms with Gasteiger partial charge in [0.05, 0.1) is 18.2 Å². The largest absolute Gasteiger partial charge is 0.381 e. The molecule has 0 aliphatic carbocycles. The Morgan fingerprint density at radius 2 is 1.70 bits per heavy atom. The molecule has 1 unspecified atom stereocenters. The van der Waals surface area contributed by atoms with Gasteiger partial charge in [0.15, 0.2) is 5.82 Å². The van der Waals surface area contributed by atoms with Gasteiger partial charge in [0, 0.05) is 32.2 Å². The number of ether oxygens (including phenoxy) is 2. The fraction of sp³-hybridized carbons (Fsp3) is 0.882. The van der Waals surface area contributed by atoms with E-state index in [9.17, 15) is 0 Å². The Bertz CT molecular complexity index is 477. The molecule has 1 atom stereocenters. The second-order valence-corrected chi connectivity index (χ2v) is 7.00. The zero-order chi connectivity index (χ0) is 16.2. The van der Waals surface area contributed by atoms with Gasteiger partial charge >= 0.3 is 0 Å². The van der Waals surface area contributed by atoms with Crippen LogP contribution in [0.25, 0.3) is 0 Å². The average Bonchev–Trinajstić information content (AvgIpc) is 3.06. The highest BCUT2D eigenvalue weighted by Gasteiger charge is 2.29. The summed E-state index contributed by atoms with van der Waals surface area (Å²) in [7, 11) is 0. The third-order valence-electron chi connectivity index (χ3n) is 4.91. The Hall–Kier alpha value is -0.980. The molecule has 2 aliphatic heterocycles. The third-order valence-corrected chi connectivity index (χ3v) is 4.91. The molecule has 0 spiro atoms. The Morgan fingerprint density at radius 1 is 1.04 bits per heavy atom. The Morgan fingerprint density at radius 3 is 2.30 bits per heavy atom. The minimum absolute atomic E-state index is 0.180. The van der Waals surface area contributed by atoms with Crippen molar-refractivity contribution in [2.75, 3.05) is 26.3 Å². The van der Waals surface area contributed by atoms with Gasteiger partial charge in [0.25, 0.3) is 0 Å². The minimum atomic E-state index is 0.180. The average molecular weight is 323 g/mol. The van der Waals surface area contributed by atoms with E-state index >= 15 is 0 Å². The van der Waals surface area contributed by atoms with Gasteiger partial charge in [-0.05, 0) is 32.6 Å². The predicted molar refractivity (Wildman–Crippen MR) is 86.3 cm³/mol. The molecule has 23 heavy (non-hydrogen) atoms. The minimum Gasteiger partial charge on any atom is -0.381 e. The molecule has 6 nitrogen and oxygen atoms in total. The summed E-state index contributed by atoms with van der Waals surface area (Å²) in [4.78, 5) is 6.95. The van der Waals surface area contributed by atoms with E-state index in [0.717, 1.165) is 63.7 Å². The van der Waals surface area contributed by atoms with Crippen LogP contribution in [0.4, 0.5) is 0 Å². The molecule has 3 rings (SSSR count). The molecule has 0 amide bonds. The van der Waals surface area contributed by atoms with Crippen molar-refractivity contribution in [3.8, 4) is 0 Å². The zero-order valence-electron chi connectivity index (χ0n) is 14.5. The Labute approximate surface area is 138 Å². The molecule has 0 radical (unpaired) electrons.